The summed E-state index contributed by atoms with van der Waals surface area (Å²) in [5.41, 5.74) is -2.25. The van der Waals surface area contributed by atoms with Crippen LogP contribution in [0, 0.1) is 11.3 Å². The van der Waals surface area contributed by atoms with Crippen LogP contribution >= 0.6 is 0 Å². The second-order valence-electron chi connectivity index (χ2n) is 2.97. The van der Waals surface area contributed by atoms with Crippen LogP contribution < -0.4 is 0 Å². The average molecular weight is 242 g/mol. The first-order valence-electron chi connectivity index (χ1n) is 4.24. The minimum absolute atomic E-state index is 0.367. The predicted octanol–water partition coefficient (Wildman–Crippen LogP) is 2.24. The van der Waals surface area contributed by atoms with E-state index >= 15 is 0 Å². The molecule has 88 valence electrons. The van der Waals surface area contributed by atoms with E-state index in [0.29, 0.717) is 6.07 Å². The molecule has 0 atom stereocenters. The summed E-state index contributed by atoms with van der Waals surface area (Å²) in [6.07, 6.45) is -4.58. The molecule has 1 aromatic carbocycles. The van der Waals surface area contributed by atoms with Crippen LogP contribution in [0.25, 0.3) is 0 Å². The number of carbonyl (C=O) groups is 1. The van der Waals surface area contributed by atoms with Gasteiger partial charge in [0.25, 0.3) is 0 Å². The average Bonchev–Trinajstić information content (AvgIpc) is 2.29. The van der Waals surface area contributed by atoms with E-state index in [0.717, 1.165) is 18.2 Å². The van der Waals surface area contributed by atoms with Crippen LogP contribution in [-0.4, -0.2) is 16.7 Å². The first-order valence-corrected chi connectivity index (χ1v) is 4.24. The van der Waals surface area contributed by atoms with E-state index < -0.39 is 23.2 Å². The fraction of sp³-hybridized carbons (Fsp3) is 0.100. The lowest BCUT2D eigenvalue weighted by Gasteiger charge is -2.07. The lowest BCUT2D eigenvalue weighted by Crippen LogP contribution is -2.14. The highest BCUT2D eigenvalue weighted by Crippen LogP contribution is 2.29. The molecule has 0 unspecified atom stereocenters. The molecule has 0 saturated heterocycles. The number of nitrogens with zero attached hydrogens (tertiary/aromatic N) is 2. The third-order valence-corrected chi connectivity index (χ3v) is 1.87. The molecule has 17 heavy (non-hydrogen) atoms. The Morgan fingerprint density at radius 3 is 2.53 bits per heavy atom. The highest BCUT2D eigenvalue weighted by Gasteiger charge is 2.31. The summed E-state index contributed by atoms with van der Waals surface area (Å²) < 4.78 is 37.0. The van der Waals surface area contributed by atoms with Crippen molar-refractivity contribution in [2.24, 2.45) is 5.16 Å². The number of hydrogen-bond donors (Lipinski definition) is 1. The molecule has 0 aliphatic heterocycles. The molecule has 0 spiro atoms. The lowest BCUT2D eigenvalue weighted by molar-refractivity contribution is -0.137. The zero-order chi connectivity index (χ0) is 13.1. The van der Waals surface area contributed by atoms with Gasteiger partial charge in [-0.15, -0.1) is 0 Å². The number of hydrogen-bond acceptors (Lipinski definition) is 4. The number of carbonyl (C=O) groups excluding carboxylic acids is 1. The molecule has 0 amide bonds. The van der Waals surface area contributed by atoms with E-state index in [1.165, 1.54) is 6.07 Å². The van der Waals surface area contributed by atoms with Crippen molar-refractivity contribution in [2.45, 2.75) is 6.18 Å². The van der Waals surface area contributed by atoms with Crippen LogP contribution in [0.3, 0.4) is 0 Å². The fourth-order valence-electron chi connectivity index (χ4n) is 1.09. The zero-order valence-corrected chi connectivity index (χ0v) is 8.19. The summed E-state index contributed by atoms with van der Waals surface area (Å²) in [7, 11) is 0. The SMILES string of the molecule is N#CC(=NO)C(=O)c1cccc(C(F)(F)F)c1. The molecule has 4 nitrogen and oxygen atoms in total. The van der Waals surface area contributed by atoms with Gasteiger partial charge in [0.2, 0.25) is 11.5 Å². The maximum absolute atomic E-state index is 12.3. The van der Waals surface area contributed by atoms with E-state index in [9.17, 15) is 18.0 Å². The molecule has 1 N–H and O–H groups in total. The van der Waals surface area contributed by atoms with Crippen LogP contribution in [0.5, 0.6) is 0 Å². The number of oxime groups is 1. The maximum atomic E-state index is 12.3. The van der Waals surface area contributed by atoms with Gasteiger partial charge in [-0.25, -0.2) is 0 Å². The molecule has 0 aliphatic rings. The van der Waals surface area contributed by atoms with E-state index in [2.05, 4.69) is 5.16 Å². The molecular weight excluding hydrogens is 237 g/mol. The van der Waals surface area contributed by atoms with Crippen molar-refractivity contribution in [3.8, 4) is 6.07 Å². The number of rotatable bonds is 2. The second-order valence-corrected chi connectivity index (χ2v) is 2.97. The number of halogens is 3. The van der Waals surface area contributed by atoms with Crippen LogP contribution in [0.2, 0.25) is 0 Å². The summed E-state index contributed by atoms with van der Waals surface area (Å²) in [5, 5.41) is 19.1. The Hall–Kier alpha value is -2.36. The van der Waals surface area contributed by atoms with E-state index in [4.69, 9.17) is 10.5 Å². The highest BCUT2D eigenvalue weighted by atomic mass is 19.4. The zero-order valence-electron chi connectivity index (χ0n) is 8.19. The molecule has 0 aromatic heterocycles. The largest absolute Gasteiger partial charge is 0.416 e. The van der Waals surface area contributed by atoms with E-state index in [1.807, 2.05) is 0 Å². The Kier molecular flexibility index (Phi) is 3.48. The molecule has 7 heteroatoms. The van der Waals surface area contributed by atoms with E-state index in [-0.39, 0.29) is 5.56 Å². The number of nitriles is 1. The Balaban J connectivity index is 3.18. The number of alkyl halides is 3. The third kappa shape index (κ3) is 2.81. The summed E-state index contributed by atoms with van der Waals surface area (Å²) >= 11 is 0. The summed E-state index contributed by atoms with van der Waals surface area (Å²) in [6.45, 7) is 0. The van der Waals surface area contributed by atoms with Gasteiger partial charge < -0.3 is 5.21 Å². The standard InChI is InChI=1S/C10H5F3N2O2/c11-10(12,13)7-3-1-2-6(4-7)9(16)8(5-14)15-17/h1-4,17H. The first-order chi connectivity index (χ1) is 7.90. The van der Waals surface area contributed by atoms with Crippen molar-refractivity contribution in [3.05, 3.63) is 35.4 Å². The van der Waals surface area contributed by atoms with Gasteiger partial charge in [-0.3, -0.25) is 4.79 Å². The molecule has 0 saturated carbocycles. The molecule has 0 aliphatic carbocycles. The van der Waals surface area contributed by atoms with Crippen molar-refractivity contribution < 1.29 is 23.2 Å². The Labute approximate surface area is 93.6 Å². The van der Waals surface area contributed by atoms with E-state index in [1.54, 1.807) is 0 Å². The smallest absolute Gasteiger partial charge is 0.410 e. The van der Waals surface area contributed by atoms with Gasteiger partial charge in [0.05, 0.1) is 5.56 Å². The minimum Gasteiger partial charge on any atom is -0.410 e. The molecule has 0 fully saturated rings. The van der Waals surface area contributed by atoms with Crippen LogP contribution in [0.1, 0.15) is 15.9 Å². The fourth-order valence-corrected chi connectivity index (χ4v) is 1.09. The molecule has 1 rings (SSSR count). The quantitative estimate of drug-likeness (QED) is 0.374. The van der Waals surface area contributed by atoms with Crippen LogP contribution in [0.4, 0.5) is 13.2 Å². The third-order valence-electron chi connectivity index (χ3n) is 1.87. The predicted molar refractivity (Wildman–Crippen MR) is 50.6 cm³/mol. The summed E-state index contributed by atoms with van der Waals surface area (Å²) in [5.74, 6) is -1.07. The van der Waals surface area contributed by atoms with Crippen LogP contribution in [0.15, 0.2) is 29.4 Å². The second kappa shape index (κ2) is 4.65. The maximum Gasteiger partial charge on any atom is 0.416 e. The Morgan fingerprint density at radius 1 is 1.41 bits per heavy atom. The topological polar surface area (TPSA) is 73.4 Å². The minimum atomic E-state index is -4.58. The monoisotopic (exact) mass is 242 g/mol. The van der Waals surface area contributed by atoms with Crippen molar-refractivity contribution in [1.82, 2.24) is 0 Å². The number of Topliss-reactive ketones (excluding diaryl/α,β-unsaturated/α-hetero) is 1. The summed E-state index contributed by atoms with van der Waals surface area (Å²) in [4.78, 5) is 11.4. The van der Waals surface area contributed by atoms with Gasteiger partial charge in [-0.05, 0) is 12.1 Å². The van der Waals surface area contributed by atoms with Crippen molar-refractivity contribution in [3.63, 3.8) is 0 Å². The molecule has 0 bridgehead atoms. The Bertz CT molecular complexity index is 515. The molecule has 1 aromatic rings. The van der Waals surface area contributed by atoms with Gasteiger partial charge >= 0.3 is 6.18 Å². The van der Waals surface area contributed by atoms with Crippen molar-refractivity contribution >= 4 is 11.5 Å². The lowest BCUT2D eigenvalue weighted by atomic mass is 10.0. The van der Waals surface area contributed by atoms with Gasteiger partial charge in [0.15, 0.2) is 0 Å². The van der Waals surface area contributed by atoms with Crippen molar-refractivity contribution in [2.75, 3.05) is 0 Å². The molecular formula is C10H5F3N2O2. The number of benzene rings is 1. The van der Waals surface area contributed by atoms with Gasteiger partial charge in [-0.2, -0.15) is 18.4 Å². The van der Waals surface area contributed by atoms with Gasteiger partial charge in [-0.1, -0.05) is 17.3 Å². The highest BCUT2D eigenvalue weighted by molar-refractivity contribution is 6.51. The number of ketones is 1. The van der Waals surface area contributed by atoms with Gasteiger partial charge in [0, 0.05) is 5.56 Å². The molecule has 0 heterocycles. The van der Waals surface area contributed by atoms with Crippen LogP contribution in [-0.2, 0) is 6.18 Å². The first kappa shape index (κ1) is 12.7. The van der Waals surface area contributed by atoms with Crippen molar-refractivity contribution in [1.29, 1.82) is 5.26 Å². The molecule has 0 radical (unpaired) electrons. The normalized spacial score (nSPS) is 12.0. The van der Waals surface area contributed by atoms with Gasteiger partial charge in [0.1, 0.15) is 6.07 Å². The Morgan fingerprint density at radius 2 is 2.06 bits per heavy atom. The summed E-state index contributed by atoms with van der Waals surface area (Å²) in [6, 6.07) is 4.78.